The number of hydrazone groups is 1. The lowest BCUT2D eigenvalue weighted by molar-refractivity contribution is -0.130. The van der Waals surface area contributed by atoms with E-state index < -0.39 is 12.1 Å². The maximum absolute atomic E-state index is 13.0. The zero-order valence-electron chi connectivity index (χ0n) is 18.5. The highest BCUT2D eigenvalue weighted by molar-refractivity contribution is 9.10. The minimum absolute atomic E-state index is 0.0160. The number of fused-ring (bicyclic) bond motifs is 1. The molecular formula is C22H21BrClN6O4+. The van der Waals surface area contributed by atoms with Gasteiger partial charge in [-0.3, -0.25) is 9.69 Å². The second-order valence-electron chi connectivity index (χ2n) is 7.61. The zero-order chi connectivity index (χ0) is 24.6. The van der Waals surface area contributed by atoms with Gasteiger partial charge in [0.1, 0.15) is 0 Å². The van der Waals surface area contributed by atoms with Crippen molar-refractivity contribution in [1.82, 2.24) is 24.8 Å². The van der Waals surface area contributed by atoms with Gasteiger partial charge in [0.05, 0.1) is 31.4 Å². The number of guanidine groups is 1. The van der Waals surface area contributed by atoms with Crippen LogP contribution < -0.4 is 14.8 Å². The van der Waals surface area contributed by atoms with Gasteiger partial charge in [-0.2, -0.15) is 5.43 Å². The second kappa shape index (κ2) is 9.38. The molecule has 12 heteroatoms. The fraction of sp³-hybridized carbons (Fsp3) is 0.227. The second-order valence-corrected chi connectivity index (χ2v) is 8.90. The van der Waals surface area contributed by atoms with Gasteiger partial charge in [0.2, 0.25) is 6.04 Å². The highest BCUT2D eigenvalue weighted by atomic mass is 79.9. The number of rotatable bonds is 5. The summed E-state index contributed by atoms with van der Waals surface area (Å²) >= 11 is 9.29. The Labute approximate surface area is 208 Å². The van der Waals surface area contributed by atoms with E-state index in [1.807, 2.05) is 12.1 Å². The number of hydrogen-bond acceptors (Lipinski definition) is 7. The lowest BCUT2D eigenvalue weighted by Crippen LogP contribution is -2.63. The van der Waals surface area contributed by atoms with Crippen molar-refractivity contribution in [1.29, 1.82) is 0 Å². The largest absolute Gasteiger partial charge is 0.503 e. The standard InChI is InChI=1S/C22H20BrClN6O4/c1-28-19-17(20(32)29(2)22(28)33)30(11-12-4-6-14(24)7-5-12)21(26-19)27-25-10-13-8-15(23)18(31)16(9-13)34-3/h4-10,17H,11H2,1-3H3,(H,25,31)/p+1. The lowest BCUT2D eigenvalue weighted by atomic mass is 10.1. The molecule has 2 aliphatic rings. The van der Waals surface area contributed by atoms with Crippen molar-refractivity contribution < 1.29 is 19.4 Å². The Morgan fingerprint density at radius 1 is 1.24 bits per heavy atom. The van der Waals surface area contributed by atoms with Crippen molar-refractivity contribution in [2.45, 2.75) is 12.6 Å². The third-order valence-electron chi connectivity index (χ3n) is 5.45. The van der Waals surface area contributed by atoms with Crippen molar-refractivity contribution in [2.24, 2.45) is 5.10 Å². The molecule has 1 atom stereocenters. The first kappa shape index (κ1) is 23.6. The maximum Gasteiger partial charge on any atom is 0.421 e. The van der Waals surface area contributed by atoms with Crippen molar-refractivity contribution in [3.63, 3.8) is 0 Å². The Kier molecular flexibility index (Phi) is 6.52. The Morgan fingerprint density at radius 2 is 1.94 bits per heavy atom. The number of nitrogens with one attached hydrogen (secondary N) is 1. The van der Waals surface area contributed by atoms with Crippen LogP contribution in [-0.2, 0) is 11.3 Å². The topological polar surface area (TPSA) is 112 Å². The molecule has 2 aromatic rings. The van der Waals surface area contributed by atoms with Gasteiger partial charge in [0.15, 0.2) is 11.5 Å². The molecule has 10 nitrogen and oxygen atoms in total. The number of amides is 3. The van der Waals surface area contributed by atoms with Gasteiger partial charge in [0, 0.05) is 17.6 Å². The monoisotopic (exact) mass is 547 g/mol. The number of carbonyl (C=O) groups is 2. The molecule has 1 saturated heterocycles. The van der Waals surface area contributed by atoms with Crippen molar-refractivity contribution >= 4 is 57.5 Å². The van der Waals surface area contributed by atoms with E-state index >= 15 is 0 Å². The number of likely N-dealkylation sites (N-methyl/N-ethyl adjacent to an activating group) is 2. The van der Waals surface area contributed by atoms with Gasteiger partial charge in [0.25, 0.3) is 5.91 Å². The van der Waals surface area contributed by atoms with Crippen LogP contribution in [0.1, 0.15) is 11.1 Å². The predicted molar refractivity (Wildman–Crippen MR) is 132 cm³/mol. The van der Waals surface area contributed by atoms with Gasteiger partial charge in [-0.25, -0.2) is 19.3 Å². The van der Waals surface area contributed by atoms with Gasteiger partial charge >= 0.3 is 17.8 Å². The van der Waals surface area contributed by atoms with E-state index in [9.17, 15) is 14.7 Å². The Hall–Kier alpha value is -3.53. The average Bonchev–Trinajstić information content (AvgIpc) is 3.18. The molecule has 4 rings (SSSR count). The van der Waals surface area contributed by atoms with Crippen LogP contribution in [-0.4, -0.2) is 77.0 Å². The molecule has 1 unspecified atom stereocenters. The number of hydrogen-bond donors (Lipinski definition) is 2. The average molecular weight is 549 g/mol. The van der Waals surface area contributed by atoms with Gasteiger partial charge in [-0.1, -0.05) is 23.7 Å². The molecule has 0 spiro atoms. The maximum atomic E-state index is 13.0. The number of phenols is 1. The van der Waals surface area contributed by atoms with Gasteiger partial charge < -0.3 is 9.84 Å². The number of urea groups is 1. The number of imide groups is 1. The van der Waals surface area contributed by atoms with Gasteiger partial charge in [-0.05, 0) is 45.8 Å². The summed E-state index contributed by atoms with van der Waals surface area (Å²) < 4.78 is 10.1. The van der Waals surface area contributed by atoms with E-state index in [2.05, 4.69) is 31.1 Å². The first-order valence-corrected chi connectivity index (χ1v) is 11.3. The van der Waals surface area contributed by atoms with E-state index in [-0.39, 0.29) is 17.4 Å². The Bertz CT molecular complexity index is 1260. The molecule has 0 bridgehead atoms. The normalized spacial score (nSPS) is 17.8. The first-order valence-electron chi connectivity index (χ1n) is 10.1. The smallest absolute Gasteiger partial charge is 0.421 e. The number of benzene rings is 2. The molecule has 2 heterocycles. The van der Waals surface area contributed by atoms with Crippen LogP contribution >= 0.6 is 27.5 Å². The van der Waals surface area contributed by atoms with Gasteiger partial charge in [-0.15, -0.1) is 5.10 Å². The van der Waals surface area contributed by atoms with E-state index in [4.69, 9.17) is 16.3 Å². The van der Waals surface area contributed by atoms with E-state index in [1.165, 1.54) is 25.3 Å². The first-order chi connectivity index (χ1) is 16.2. The summed E-state index contributed by atoms with van der Waals surface area (Å²) in [6, 6.07) is 9.28. The predicted octanol–water partition coefficient (Wildman–Crippen LogP) is 1.97. The SMILES string of the molecule is COc1cc(/C=N/NC2=[N+]=C3C(C(=O)N(C)C(=O)N3C)N2Cc2ccc(Cl)cc2)cc(Br)c1O. The number of halogens is 2. The molecule has 0 radical (unpaired) electrons. The van der Waals surface area contributed by atoms with Crippen molar-refractivity contribution in [2.75, 3.05) is 21.2 Å². The molecule has 2 aromatic carbocycles. The van der Waals surface area contributed by atoms with Crippen LogP contribution in [0.5, 0.6) is 11.5 Å². The quantitative estimate of drug-likeness (QED) is 0.336. The Balaban J connectivity index is 1.65. The van der Waals surface area contributed by atoms with Crippen LogP contribution in [0.4, 0.5) is 4.79 Å². The number of ether oxygens (including phenoxy) is 1. The van der Waals surface area contributed by atoms with E-state index in [0.717, 1.165) is 10.5 Å². The van der Waals surface area contributed by atoms with Crippen LogP contribution in [0.3, 0.4) is 0 Å². The minimum Gasteiger partial charge on any atom is -0.503 e. The van der Waals surface area contributed by atoms with Crippen LogP contribution in [0.25, 0.3) is 0 Å². The molecule has 0 saturated carbocycles. The molecular weight excluding hydrogens is 528 g/mol. The molecule has 2 N–H and O–H groups in total. The molecule has 2 aliphatic heterocycles. The molecule has 1 fully saturated rings. The summed E-state index contributed by atoms with van der Waals surface area (Å²) in [5, 5.41) is 14.8. The van der Waals surface area contributed by atoms with Crippen molar-refractivity contribution in [3.8, 4) is 11.5 Å². The molecule has 3 amide bonds. The Morgan fingerprint density at radius 3 is 2.62 bits per heavy atom. The fourth-order valence-corrected chi connectivity index (χ4v) is 4.21. The summed E-state index contributed by atoms with van der Waals surface area (Å²) in [6.07, 6.45) is 1.52. The summed E-state index contributed by atoms with van der Waals surface area (Å²) in [7, 11) is 4.47. The molecule has 0 aliphatic carbocycles. The summed E-state index contributed by atoms with van der Waals surface area (Å²) in [6.45, 7) is 0.326. The number of phenolic OH excluding ortho intramolecular Hbond substituents is 1. The number of nitrogens with zero attached hydrogens (tertiary/aromatic N) is 5. The summed E-state index contributed by atoms with van der Waals surface area (Å²) in [5.74, 6) is 0.503. The van der Waals surface area contributed by atoms with E-state index in [0.29, 0.717) is 33.4 Å². The van der Waals surface area contributed by atoms with Crippen LogP contribution in [0, 0.1) is 0 Å². The molecule has 34 heavy (non-hydrogen) atoms. The zero-order valence-corrected chi connectivity index (χ0v) is 20.8. The van der Waals surface area contributed by atoms with Crippen LogP contribution in [0.2, 0.25) is 5.02 Å². The summed E-state index contributed by atoms with van der Waals surface area (Å²) in [5.41, 5.74) is 4.42. The van der Waals surface area contributed by atoms with Crippen LogP contribution in [0.15, 0.2) is 46.0 Å². The highest BCUT2D eigenvalue weighted by Crippen LogP contribution is 2.34. The summed E-state index contributed by atoms with van der Waals surface area (Å²) in [4.78, 5) is 29.6. The molecule has 0 aromatic heterocycles. The molecule has 176 valence electrons. The highest BCUT2D eigenvalue weighted by Gasteiger charge is 2.54. The fourth-order valence-electron chi connectivity index (χ4n) is 3.63. The third kappa shape index (κ3) is 4.33. The lowest BCUT2D eigenvalue weighted by Gasteiger charge is -2.31. The van der Waals surface area contributed by atoms with E-state index in [1.54, 1.807) is 36.2 Å². The number of amidine groups is 1. The number of methoxy groups -OCH3 is 1. The number of aromatic hydroxyl groups is 1. The number of carbonyl (C=O) groups excluding carboxylic acids is 2. The van der Waals surface area contributed by atoms with Crippen molar-refractivity contribution in [3.05, 3.63) is 57.0 Å². The minimum atomic E-state index is -0.788. The third-order valence-corrected chi connectivity index (χ3v) is 6.30.